The maximum atomic E-state index is 13.5. The molecule has 8 nitrogen and oxygen atoms in total. The molecule has 0 saturated carbocycles. The number of hydrogen-bond donors (Lipinski definition) is 1. The maximum absolute atomic E-state index is 13.5. The Morgan fingerprint density at radius 1 is 1.00 bits per heavy atom. The predicted molar refractivity (Wildman–Crippen MR) is 150 cm³/mol. The molecular weight excluding hydrogens is 518 g/mol. The summed E-state index contributed by atoms with van der Waals surface area (Å²) in [5, 5.41) is 13.4. The number of likely N-dealkylation sites (tertiary alicyclic amines) is 1. The summed E-state index contributed by atoms with van der Waals surface area (Å²) in [6, 6.07) is 11.5. The van der Waals surface area contributed by atoms with E-state index in [9.17, 15) is 14.7 Å². The summed E-state index contributed by atoms with van der Waals surface area (Å²) in [5.74, 6) is 0.450. The molecule has 0 bridgehead atoms. The van der Waals surface area contributed by atoms with Crippen molar-refractivity contribution in [3.05, 3.63) is 75.0 Å². The lowest BCUT2D eigenvalue weighted by Gasteiger charge is -2.26. The van der Waals surface area contributed by atoms with Gasteiger partial charge in [0.05, 0.1) is 46.1 Å². The van der Waals surface area contributed by atoms with Crippen LogP contribution in [0.5, 0.6) is 23.0 Å². The Kier molecular flexibility index (Phi) is 8.50. The summed E-state index contributed by atoms with van der Waals surface area (Å²) in [7, 11) is 4.49. The second-order valence-corrected chi connectivity index (χ2v) is 10.7. The van der Waals surface area contributed by atoms with Gasteiger partial charge in [-0.15, -0.1) is 11.3 Å². The molecule has 0 radical (unpaired) electrons. The molecule has 2 heterocycles. The Morgan fingerprint density at radius 2 is 1.69 bits per heavy atom. The van der Waals surface area contributed by atoms with Crippen LogP contribution in [0.1, 0.15) is 41.5 Å². The SMILES string of the molecule is COc1cc(C2/C(=C(\O)c3ccc(OCC(C)C)c(C)c3)C(=O)C(=O)N2Cc2cccs2)cc(OC)c1OC. The average molecular weight is 552 g/mol. The number of aliphatic hydroxyl groups excluding tert-OH is 1. The van der Waals surface area contributed by atoms with Gasteiger partial charge in [-0.05, 0) is 65.7 Å². The Hall–Kier alpha value is -3.98. The molecule has 3 aromatic rings. The van der Waals surface area contributed by atoms with E-state index < -0.39 is 17.7 Å². The molecule has 2 aromatic carbocycles. The fourth-order valence-electron chi connectivity index (χ4n) is 4.59. The molecular formula is C30H33NO7S. The predicted octanol–water partition coefficient (Wildman–Crippen LogP) is 5.74. The standard InChI is InChI=1S/C30H33NO7S/c1-17(2)16-38-22-10-9-19(12-18(22)3)27(32)25-26(20-13-23(35-4)29(37-6)24(14-20)36-5)31(30(34)28(25)33)15-21-8-7-11-39-21/h7-14,17,26,32H,15-16H2,1-6H3/b27-25+. The van der Waals surface area contributed by atoms with Gasteiger partial charge in [0.15, 0.2) is 11.5 Å². The minimum absolute atomic E-state index is 0.0129. The van der Waals surface area contributed by atoms with E-state index in [0.29, 0.717) is 46.6 Å². The largest absolute Gasteiger partial charge is 0.507 e. The first-order valence-electron chi connectivity index (χ1n) is 12.5. The highest BCUT2D eigenvalue weighted by molar-refractivity contribution is 7.09. The van der Waals surface area contributed by atoms with Gasteiger partial charge in [0.25, 0.3) is 11.7 Å². The number of carbonyl (C=O) groups excluding carboxylic acids is 2. The summed E-state index contributed by atoms with van der Waals surface area (Å²) in [6.45, 7) is 6.75. The van der Waals surface area contributed by atoms with Gasteiger partial charge in [-0.1, -0.05) is 19.9 Å². The van der Waals surface area contributed by atoms with Crippen LogP contribution >= 0.6 is 11.3 Å². The molecule has 1 aliphatic rings. The molecule has 206 valence electrons. The number of rotatable bonds is 10. The third kappa shape index (κ3) is 5.59. The third-order valence-electron chi connectivity index (χ3n) is 6.47. The number of ether oxygens (including phenoxy) is 4. The van der Waals surface area contributed by atoms with Crippen LogP contribution in [0.4, 0.5) is 0 Å². The van der Waals surface area contributed by atoms with Gasteiger partial charge in [-0.3, -0.25) is 9.59 Å². The van der Waals surface area contributed by atoms with Crippen LogP contribution in [0.2, 0.25) is 0 Å². The number of aliphatic hydroxyl groups is 1. The normalized spacial score (nSPS) is 16.6. The number of amides is 1. The van der Waals surface area contributed by atoms with Crippen molar-refractivity contribution in [3.63, 3.8) is 0 Å². The third-order valence-corrected chi connectivity index (χ3v) is 7.33. The van der Waals surface area contributed by atoms with E-state index in [1.165, 1.54) is 37.6 Å². The van der Waals surface area contributed by atoms with Crippen molar-refractivity contribution in [3.8, 4) is 23.0 Å². The molecule has 4 rings (SSSR count). The quantitative estimate of drug-likeness (QED) is 0.195. The Bertz CT molecular complexity index is 1370. The van der Waals surface area contributed by atoms with Crippen molar-refractivity contribution in [2.24, 2.45) is 5.92 Å². The van der Waals surface area contributed by atoms with E-state index in [4.69, 9.17) is 18.9 Å². The number of thiophene rings is 1. The highest BCUT2D eigenvalue weighted by Crippen LogP contribution is 2.46. The van der Waals surface area contributed by atoms with Gasteiger partial charge in [0.1, 0.15) is 11.5 Å². The van der Waals surface area contributed by atoms with Crippen molar-refractivity contribution in [2.75, 3.05) is 27.9 Å². The number of carbonyl (C=O) groups is 2. The molecule has 1 N–H and O–H groups in total. The van der Waals surface area contributed by atoms with E-state index >= 15 is 0 Å². The van der Waals surface area contributed by atoms with Gasteiger partial charge < -0.3 is 29.0 Å². The molecule has 0 spiro atoms. The maximum Gasteiger partial charge on any atom is 0.295 e. The van der Waals surface area contributed by atoms with Crippen LogP contribution in [-0.4, -0.2) is 49.6 Å². The summed E-state index contributed by atoms with van der Waals surface area (Å²) in [5.41, 5.74) is 1.74. The van der Waals surface area contributed by atoms with Crippen LogP contribution in [0.25, 0.3) is 5.76 Å². The number of nitrogens with zero attached hydrogens (tertiary/aromatic N) is 1. The fourth-order valence-corrected chi connectivity index (χ4v) is 5.29. The number of methoxy groups -OCH3 is 3. The highest BCUT2D eigenvalue weighted by atomic mass is 32.1. The van der Waals surface area contributed by atoms with E-state index in [1.54, 1.807) is 30.3 Å². The van der Waals surface area contributed by atoms with E-state index in [1.807, 2.05) is 24.4 Å². The van der Waals surface area contributed by atoms with E-state index in [0.717, 1.165) is 10.4 Å². The van der Waals surface area contributed by atoms with Crippen LogP contribution in [0, 0.1) is 12.8 Å². The monoisotopic (exact) mass is 551 g/mol. The van der Waals surface area contributed by atoms with Crippen molar-refractivity contribution in [2.45, 2.75) is 33.4 Å². The average Bonchev–Trinajstić information content (AvgIpc) is 3.53. The molecule has 1 amide bonds. The summed E-state index contributed by atoms with van der Waals surface area (Å²) in [4.78, 5) is 29.2. The molecule has 1 atom stereocenters. The number of hydrogen-bond acceptors (Lipinski definition) is 8. The Morgan fingerprint density at radius 3 is 2.23 bits per heavy atom. The van der Waals surface area contributed by atoms with Crippen LogP contribution in [0.3, 0.4) is 0 Å². The zero-order chi connectivity index (χ0) is 28.3. The second-order valence-electron chi connectivity index (χ2n) is 9.65. The fraction of sp³-hybridized carbons (Fsp3) is 0.333. The number of ketones is 1. The summed E-state index contributed by atoms with van der Waals surface area (Å²) in [6.07, 6.45) is 0. The van der Waals surface area contributed by atoms with Crippen LogP contribution in [0.15, 0.2) is 53.4 Å². The van der Waals surface area contributed by atoms with Crippen molar-refractivity contribution >= 4 is 28.8 Å². The Labute approximate surface area is 232 Å². The van der Waals surface area contributed by atoms with Gasteiger partial charge >= 0.3 is 0 Å². The second kappa shape index (κ2) is 11.8. The number of aryl methyl sites for hydroxylation is 1. The minimum atomic E-state index is -0.891. The first-order valence-corrected chi connectivity index (χ1v) is 13.4. The van der Waals surface area contributed by atoms with E-state index in [-0.39, 0.29) is 17.9 Å². The van der Waals surface area contributed by atoms with Crippen molar-refractivity contribution in [1.82, 2.24) is 4.90 Å². The van der Waals surface area contributed by atoms with Crippen molar-refractivity contribution < 1.29 is 33.6 Å². The van der Waals surface area contributed by atoms with Gasteiger partial charge in [0, 0.05) is 10.4 Å². The molecule has 1 aromatic heterocycles. The summed E-state index contributed by atoms with van der Waals surface area (Å²) < 4.78 is 22.4. The lowest BCUT2D eigenvalue weighted by molar-refractivity contribution is -0.140. The number of Topliss-reactive ketones (excluding diaryl/α,β-unsaturated/α-hetero) is 1. The zero-order valence-corrected chi connectivity index (χ0v) is 23.8. The zero-order valence-electron chi connectivity index (χ0n) is 22.9. The van der Waals surface area contributed by atoms with E-state index in [2.05, 4.69) is 13.8 Å². The van der Waals surface area contributed by atoms with Gasteiger partial charge in [-0.25, -0.2) is 0 Å². The van der Waals surface area contributed by atoms with Crippen LogP contribution < -0.4 is 18.9 Å². The first-order chi connectivity index (χ1) is 18.7. The summed E-state index contributed by atoms with van der Waals surface area (Å²) >= 11 is 1.48. The smallest absolute Gasteiger partial charge is 0.295 e. The highest BCUT2D eigenvalue weighted by Gasteiger charge is 2.46. The Balaban J connectivity index is 1.88. The molecule has 1 saturated heterocycles. The molecule has 1 fully saturated rings. The lowest BCUT2D eigenvalue weighted by Crippen LogP contribution is -2.29. The molecule has 0 aliphatic carbocycles. The van der Waals surface area contributed by atoms with Gasteiger partial charge in [-0.2, -0.15) is 0 Å². The molecule has 1 aliphatic heterocycles. The van der Waals surface area contributed by atoms with Crippen molar-refractivity contribution in [1.29, 1.82) is 0 Å². The molecule has 9 heteroatoms. The number of benzene rings is 2. The molecule has 39 heavy (non-hydrogen) atoms. The lowest BCUT2D eigenvalue weighted by atomic mass is 9.94. The first kappa shape index (κ1) is 28.0. The van der Waals surface area contributed by atoms with Gasteiger partial charge in [0.2, 0.25) is 5.75 Å². The molecule has 1 unspecified atom stereocenters. The minimum Gasteiger partial charge on any atom is -0.507 e. The van der Waals surface area contributed by atoms with Crippen LogP contribution in [-0.2, 0) is 16.1 Å². The topological polar surface area (TPSA) is 94.5 Å².